The quantitative estimate of drug-likeness (QED) is 0.847. The topological polar surface area (TPSA) is 41.6 Å². The maximum atomic E-state index is 4.63. The van der Waals surface area contributed by atoms with Gasteiger partial charge in [0, 0.05) is 15.1 Å². The minimum absolute atomic E-state index is 0.596. The number of halogens is 1. The van der Waals surface area contributed by atoms with Crippen LogP contribution in [0.4, 0.5) is 0 Å². The fraction of sp³-hybridized carbons (Fsp3) is 0.385. The van der Waals surface area contributed by atoms with Crippen LogP contribution in [-0.4, -0.2) is 15.2 Å². The van der Waals surface area contributed by atoms with Gasteiger partial charge in [-0.2, -0.15) is 5.10 Å². The van der Waals surface area contributed by atoms with Crippen molar-refractivity contribution in [2.24, 2.45) is 0 Å². The van der Waals surface area contributed by atoms with Gasteiger partial charge in [-0.05, 0) is 47.6 Å². The first kappa shape index (κ1) is 11.2. The molecule has 3 nitrogen and oxygen atoms in total. The Hall–Kier alpha value is -0.910. The van der Waals surface area contributed by atoms with Crippen LogP contribution in [0.2, 0.25) is 0 Å². The third-order valence-electron chi connectivity index (χ3n) is 3.33. The maximum Gasteiger partial charge on any atom is 0.181 e. The number of hydrogen-bond donors (Lipinski definition) is 1. The fourth-order valence-corrected chi connectivity index (χ4v) is 2.96. The van der Waals surface area contributed by atoms with Crippen molar-refractivity contribution in [3.63, 3.8) is 0 Å². The highest BCUT2D eigenvalue weighted by Crippen LogP contribution is 2.32. The van der Waals surface area contributed by atoms with Crippen molar-refractivity contribution in [3.8, 4) is 11.4 Å². The number of benzene rings is 1. The van der Waals surface area contributed by atoms with E-state index < -0.39 is 0 Å². The summed E-state index contributed by atoms with van der Waals surface area (Å²) in [5.74, 6) is 2.49. The van der Waals surface area contributed by atoms with Gasteiger partial charge < -0.3 is 0 Å². The molecule has 0 unspecified atom stereocenters. The van der Waals surface area contributed by atoms with Gasteiger partial charge in [0.05, 0.1) is 0 Å². The molecule has 0 spiro atoms. The molecule has 1 aromatic heterocycles. The Balaban J connectivity index is 1.89. The number of aromatic amines is 1. The number of rotatable bonds is 2. The lowest BCUT2D eigenvalue weighted by molar-refractivity contribution is 0.672. The van der Waals surface area contributed by atoms with Crippen molar-refractivity contribution in [2.45, 2.75) is 31.6 Å². The average molecular weight is 339 g/mol. The zero-order valence-electron chi connectivity index (χ0n) is 9.49. The highest BCUT2D eigenvalue weighted by Gasteiger charge is 2.20. The monoisotopic (exact) mass is 339 g/mol. The molecule has 0 bridgehead atoms. The van der Waals surface area contributed by atoms with Crippen molar-refractivity contribution in [3.05, 3.63) is 33.7 Å². The van der Waals surface area contributed by atoms with Gasteiger partial charge in [0.2, 0.25) is 0 Å². The van der Waals surface area contributed by atoms with E-state index in [9.17, 15) is 0 Å². The Bertz CT molecular complexity index is 515. The summed E-state index contributed by atoms with van der Waals surface area (Å²) in [5, 5.41) is 7.43. The smallest absolute Gasteiger partial charge is 0.181 e. The van der Waals surface area contributed by atoms with E-state index in [0.29, 0.717) is 5.92 Å². The van der Waals surface area contributed by atoms with E-state index in [1.807, 2.05) is 6.07 Å². The molecule has 1 N–H and O–H groups in total. The standard InChI is InChI=1S/C13H14IN3/c14-11-7-3-6-10(8-11)13-15-12(16-17-13)9-4-1-2-5-9/h3,6-9H,1-2,4-5H2,(H,15,16,17). The molecule has 1 fully saturated rings. The second-order valence-electron chi connectivity index (χ2n) is 4.54. The summed E-state index contributed by atoms with van der Waals surface area (Å²) in [6, 6.07) is 8.29. The van der Waals surface area contributed by atoms with Gasteiger partial charge in [0.15, 0.2) is 5.82 Å². The maximum absolute atomic E-state index is 4.63. The molecule has 1 aromatic carbocycles. The Labute approximate surface area is 114 Å². The molecule has 0 aliphatic heterocycles. The average Bonchev–Trinajstić information content (AvgIpc) is 3.00. The predicted octanol–water partition coefficient (Wildman–Crippen LogP) is 3.73. The zero-order chi connectivity index (χ0) is 11.7. The van der Waals surface area contributed by atoms with Gasteiger partial charge in [-0.1, -0.05) is 25.0 Å². The lowest BCUT2D eigenvalue weighted by Gasteiger charge is -2.01. The van der Waals surface area contributed by atoms with Gasteiger partial charge in [-0.25, -0.2) is 4.98 Å². The number of hydrogen-bond acceptors (Lipinski definition) is 2. The Morgan fingerprint density at radius 3 is 2.82 bits per heavy atom. The number of nitrogens with one attached hydrogen (secondary N) is 1. The van der Waals surface area contributed by atoms with Gasteiger partial charge >= 0.3 is 0 Å². The second kappa shape index (κ2) is 4.76. The Morgan fingerprint density at radius 1 is 1.24 bits per heavy atom. The first-order chi connectivity index (χ1) is 8.33. The lowest BCUT2D eigenvalue weighted by Crippen LogP contribution is -1.94. The van der Waals surface area contributed by atoms with Crippen LogP contribution >= 0.6 is 22.6 Å². The predicted molar refractivity (Wildman–Crippen MR) is 75.7 cm³/mol. The van der Waals surface area contributed by atoms with Crippen LogP contribution < -0.4 is 0 Å². The summed E-state index contributed by atoms with van der Waals surface area (Å²) >= 11 is 2.31. The lowest BCUT2D eigenvalue weighted by atomic mass is 10.1. The molecule has 88 valence electrons. The zero-order valence-corrected chi connectivity index (χ0v) is 11.6. The Kier molecular flexibility index (Phi) is 3.13. The van der Waals surface area contributed by atoms with E-state index in [0.717, 1.165) is 17.2 Å². The van der Waals surface area contributed by atoms with Crippen molar-refractivity contribution in [1.82, 2.24) is 15.2 Å². The van der Waals surface area contributed by atoms with Crippen LogP contribution in [-0.2, 0) is 0 Å². The van der Waals surface area contributed by atoms with E-state index in [1.54, 1.807) is 0 Å². The van der Waals surface area contributed by atoms with Crippen LogP contribution in [0.5, 0.6) is 0 Å². The molecule has 17 heavy (non-hydrogen) atoms. The van der Waals surface area contributed by atoms with Crippen LogP contribution in [0.15, 0.2) is 24.3 Å². The number of H-pyrrole nitrogens is 1. The van der Waals surface area contributed by atoms with Crippen molar-refractivity contribution < 1.29 is 0 Å². The highest BCUT2D eigenvalue weighted by atomic mass is 127. The molecule has 0 atom stereocenters. The van der Waals surface area contributed by atoms with Crippen molar-refractivity contribution in [1.29, 1.82) is 0 Å². The van der Waals surface area contributed by atoms with Gasteiger partial charge in [0.1, 0.15) is 5.82 Å². The molecular weight excluding hydrogens is 325 g/mol. The van der Waals surface area contributed by atoms with E-state index in [4.69, 9.17) is 0 Å². The third-order valence-corrected chi connectivity index (χ3v) is 4.00. The molecule has 0 radical (unpaired) electrons. The Morgan fingerprint density at radius 2 is 2.06 bits per heavy atom. The van der Waals surface area contributed by atoms with E-state index in [2.05, 4.69) is 56.0 Å². The molecule has 4 heteroatoms. The number of aromatic nitrogens is 3. The van der Waals surface area contributed by atoms with Crippen LogP contribution in [0.3, 0.4) is 0 Å². The minimum atomic E-state index is 0.596. The van der Waals surface area contributed by atoms with Gasteiger partial charge in [0.25, 0.3) is 0 Å². The summed E-state index contributed by atoms with van der Waals surface area (Å²) in [4.78, 5) is 4.63. The molecular formula is C13H14IN3. The highest BCUT2D eigenvalue weighted by molar-refractivity contribution is 14.1. The molecule has 1 heterocycles. The molecule has 2 aromatic rings. The third kappa shape index (κ3) is 2.36. The molecule has 1 saturated carbocycles. The van der Waals surface area contributed by atoms with E-state index in [-0.39, 0.29) is 0 Å². The van der Waals surface area contributed by atoms with Crippen LogP contribution in [0.25, 0.3) is 11.4 Å². The molecule has 1 aliphatic rings. The first-order valence-corrected chi connectivity index (χ1v) is 7.09. The summed E-state index contributed by atoms with van der Waals surface area (Å²) in [5.41, 5.74) is 1.09. The second-order valence-corrected chi connectivity index (χ2v) is 5.78. The van der Waals surface area contributed by atoms with E-state index >= 15 is 0 Å². The van der Waals surface area contributed by atoms with Crippen LogP contribution in [0.1, 0.15) is 37.4 Å². The normalized spacial score (nSPS) is 16.5. The van der Waals surface area contributed by atoms with Crippen molar-refractivity contribution >= 4 is 22.6 Å². The van der Waals surface area contributed by atoms with Crippen LogP contribution in [0, 0.1) is 3.57 Å². The summed E-state index contributed by atoms with van der Waals surface area (Å²) in [7, 11) is 0. The minimum Gasteiger partial charge on any atom is -0.262 e. The largest absolute Gasteiger partial charge is 0.262 e. The molecule has 0 amide bonds. The summed E-state index contributed by atoms with van der Waals surface area (Å²) < 4.78 is 1.22. The summed E-state index contributed by atoms with van der Waals surface area (Å²) in [6.07, 6.45) is 5.15. The molecule has 0 saturated heterocycles. The van der Waals surface area contributed by atoms with E-state index in [1.165, 1.54) is 29.3 Å². The van der Waals surface area contributed by atoms with Gasteiger partial charge in [-0.3, -0.25) is 5.10 Å². The van der Waals surface area contributed by atoms with Crippen molar-refractivity contribution in [2.75, 3.05) is 0 Å². The summed E-state index contributed by atoms with van der Waals surface area (Å²) in [6.45, 7) is 0. The molecule has 1 aliphatic carbocycles. The number of nitrogens with zero attached hydrogens (tertiary/aromatic N) is 2. The first-order valence-electron chi connectivity index (χ1n) is 6.01. The fourth-order valence-electron chi connectivity index (χ4n) is 2.41. The van der Waals surface area contributed by atoms with Gasteiger partial charge in [-0.15, -0.1) is 0 Å². The SMILES string of the molecule is Ic1cccc(-c2n[nH]c(C3CCCC3)n2)c1. The molecule has 3 rings (SSSR count).